The molecular weight excluding hydrogens is 426 g/mol. The number of carbonyl (C=O) groups is 3. The Morgan fingerprint density at radius 1 is 0.935 bits per heavy atom. The van der Waals surface area contributed by atoms with E-state index in [0.29, 0.717) is 10.4 Å². The summed E-state index contributed by atoms with van der Waals surface area (Å²) in [5.74, 6) is -3.60. The van der Waals surface area contributed by atoms with Crippen LogP contribution in [-0.4, -0.2) is 24.4 Å². The molecule has 0 atom stereocenters. The Labute approximate surface area is 180 Å². The topological polar surface area (TPSA) is 84.5 Å². The van der Waals surface area contributed by atoms with Gasteiger partial charge in [0.15, 0.2) is 6.61 Å². The molecule has 0 fully saturated rings. The third-order valence-electron chi connectivity index (χ3n) is 3.96. The van der Waals surface area contributed by atoms with Gasteiger partial charge < -0.3 is 4.74 Å². The summed E-state index contributed by atoms with van der Waals surface area (Å²) in [6, 6.07) is 14.2. The molecule has 2 amide bonds. The van der Waals surface area contributed by atoms with Crippen LogP contribution in [-0.2, 0) is 14.3 Å². The first kappa shape index (κ1) is 21.8. The second-order valence-electron chi connectivity index (χ2n) is 6.15. The Hall–Kier alpha value is -3.85. The number of esters is 1. The summed E-state index contributed by atoms with van der Waals surface area (Å²) in [6.07, 6.45) is 1.52. The smallest absolute Gasteiger partial charge is 0.340 e. The standard InChI is InChI=1S/C22H16F2N2O4S/c23-15-9-7-14(8-10-15)12-17(19-6-3-11-31-19)22(29)30-13-20(27)25-26-21(28)16-4-1-2-5-18(16)24/h1-12H,13H2,(H,25,27)(H,26,28)/b17-12+. The fourth-order valence-electron chi connectivity index (χ4n) is 2.47. The zero-order valence-electron chi connectivity index (χ0n) is 15.9. The molecule has 0 saturated heterocycles. The quantitative estimate of drug-likeness (QED) is 0.347. The van der Waals surface area contributed by atoms with E-state index in [0.717, 1.165) is 6.07 Å². The first-order valence-corrected chi connectivity index (χ1v) is 9.84. The first-order valence-electron chi connectivity index (χ1n) is 8.96. The van der Waals surface area contributed by atoms with Gasteiger partial charge in [-0.25, -0.2) is 13.6 Å². The maximum absolute atomic E-state index is 13.6. The van der Waals surface area contributed by atoms with E-state index >= 15 is 0 Å². The summed E-state index contributed by atoms with van der Waals surface area (Å²) in [6.45, 7) is -0.678. The fourth-order valence-corrected chi connectivity index (χ4v) is 3.20. The van der Waals surface area contributed by atoms with E-state index in [9.17, 15) is 23.2 Å². The van der Waals surface area contributed by atoms with Gasteiger partial charge in [-0.05, 0) is 47.4 Å². The summed E-state index contributed by atoms with van der Waals surface area (Å²) in [5.41, 5.74) is 4.61. The Balaban J connectivity index is 1.60. The van der Waals surface area contributed by atoms with Gasteiger partial charge in [-0.1, -0.05) is 30.3 Å². The summed E-state index contributed by atoms with van der Waals surface area (Å²) >= 11 is 1.29. The van der Waals surface area contributed by atoms with Crippen molar-refractivity contribution in [2.45, 2.75) is 0 Å². The van der Waals surface area contributed by atoms with Gasteiger partial charge in [-0.3, -0.25) is 20.4 Å². The van der Waals surface area contributed by atoms with E-state index in [2.05, 4.69) is 5.43 Å². The average Bonchev–Trinajstić information content (AvgIpc) is 3.30. The molecule has 158 valence electrons. The van der Waals surface area contributed by atoms with E-state index in [1.807, 2.05) is 5.43 Å². The highest BCUT2D eigenvalue weighted by molar-refractivity contribution is 7.11. The fraction of sp³-hybridized carbons (Fsp3) is 0.0455. The minimum absolute atomic E-state index is 0.185. The summed E-state index contributed by atoms with van der Waals surface area (Å²) in [5, 5.41) is 1.77. The van der Waals surface area contributed by atoms with Crippen molar-refractivity contribution in [1.29, 1.82) is 0 Å². The van der Waals surface area contributed by atoms with Gasteiger partial charge in [-0.15, -0.1) is 11.3 Å². The Morgan fingerprint density at radius 2 is 1.68 bits per heavy atom. The minimum Gasteiger partial charge on any atom is -0.452 e. The maximum atomic E-state index is 13.6. The van der Waals surface area contributed by atoms with Gasteiger partial charge in [0.2, 0.25) is 0 Å². The van der Waals surface area contributed by atoms with Crippen molar-refractivity contribution >= 4 is 40.8 Å². The largest absolute Gasteiger partial charge is 0.452 e. The van der Waals surface area contributed by atoms with E-state index in [4.69, 9.17) is 4.74 Å². The lowest BCUT2D eigenvalue weighted by molar-refractivity contribution is -0.143. The highest BCUT2D eigenvalue weighted by Gasteiger charge is 2.17. The highest BCUT2D eigenvalue weighted by atomic mass is 32.1. The molecule has 2 N–H and O–H groups in total. The lowest BCUT2D eigenvalue weighted by Crippen LogP contribution is -2.43. The van der Waals surface area contributed by atoms with Gasteiger partial charge in [0.1, 0.15) is 11.6 Å². The summed E-state index contributed by atoms with van der Waals surface area (Å²) in [7, 11) is 0. The van der Waals surface area contributed by atoms with Gasteiger partial charge >= 0.3 is 5.97 Å². The van der Waals surface area contributed by atoms with Crippen LogP contribution >= 0.6 is 11.3 Å². The van der Waals surface area contributed by atoms with Crippen LogP contribution in [0.25, 0.3) is 11.6 Å². The van der Waals surface area contributed by atoms with Crippen molar-refractivity contribution in [2.75, 3.05) is 6.61 Å². The van der Waals surface area contributed by atoms with Crippen LogP contribution in [0.15, 0.2) is 66.0 Å². The number of hydrogen-bond acceptors (Lipinski definition) is 5. The number of rotatable bonds is 6. The summed E-state index contributed by atoms with van der Waals surface area (Å²) in [4.78, 5) is 37.0. The molecule has 0 saturated carbocycles. The second-order valence-corrected chi connectivity index (χ2v) is 7.09. The number of halogens is 2. The molecule has 1 heterocycles. The number of hydrogen-bond donors (Lipinski definition) is 2. The number of ether oxygens (including phenoxy) is 1. The monoisotopic (exact) mass is 442 g/mol. The van der Waals surface area contributed by atoms with Crippen LogP contribution in [0.5, 0.6) is 0 Å². The molecule has 0 bridgehead atoms. The molecule has 6 nitrogen and oxygen atoms in total. The zero-order chi connectivity index (χ0) is 22.2. The van der Waals surface area contributed by atoms with E-state index < -0.39 is 36.0 Å². The highest BCUT2D eigenvalue weighted by Crippen LogP contribution is 2.24. The summed E-state index contributed by atoms with van der Waals surface area (Å²) < 4.78 is 31.7. The normalized spacial score (nSPS) is 11.0. The Bertz CT molecular complexity index is 1110. The number of nitrogens with one attached hydrogen (secondary N) is 2. The number of benzene rings is 2. The van der Waals surface area contributed by atoms with Crippen LogP contribution in [0.1, 0.15) is 20.8 Å². The van der Waals surface area contributed by atoms with Gasteiger partial charge in [0, 0.05) is 4.88 Å². The Kier molecular flexibility index (Phi) is 7.23. The van der Waals surface area contributed by atoms with Crippen LogP contribution in [0.3, 0.4) is 0 Å². The second kappa shape index (κ2) is 10.3. The number of amides is 2. The first-order chi connectivity index (χ1) is 14.9. The molecule has 0 spiro atoms. The third-order valence-corrected chi connectivity index (χ3v) is 4.86. The van der Waals surface area contributed by atoms with E-state index in [1.165, 1.54) is 59.9 Å². The van der Waals surface area contributed by atoms with Crippen LogP contribution in [0, 0.1) is 11.6 Å². The number of hydrazine groups is 1. The van der Waals surface area contributed by atoms with Crippen molar-refractivity contribution < 1.29 is 27.9 Å². The molecule has 0 radical (unpaired) electrons. The lowest BCUT2D eigenvalue weighted by atomic mass is 10.1. The van der Waals surface area contributed by atoms with Gasteiger partial charge in [0.05, 0.1) is 11.1 Å². The average molecular weight is 442 g/mol. The SMILES string of the molecule is O=C(COC(=O)/C(=C/c1ccc(F)cc1)c1cccs1)NNC(=O)c1ccccc1F. The molecule has 1 aromatic heterocycles. The number of carbonyl (C=O) groups excluding carboxylic acids is 3. The van der Waals surface area contributed by atoms with Crippen molar-refractivity contribution in [3.8, 4) is 0 Å². The van der Waals surface area contributed by atoms with Crippen LogP contribution in [0.2, 0.25) is 0 Å². The molecule has 2 aromatic carbocycles. The predicted octanol–water partition coefficient (Wildman–Crippen LogP) is 3.57. The van der Waals surface area contributed by atoms with E-state index in [1.54, 1.807) is 17.5 Å². The third kappa shape index (κ3) is 6.06. The van der Waals surface area contributed by atoms with Gasteiger partial charge in [-0.2, -0.15) is 0 Å². The molecule has 0 aliphatic heterocycles. The molecule has 0 aliphatic carbocycles. The molecule has 3 aromatic rings. The molecular formula is C22H16F2N2O4S. The minimum atomic E-state index is -0.853. The van der Waals surface area contributed by atoms with E-state index in [-0.39, 0.29) is 11.1 Å². The van der Waals surface area contributed by atoms with Crippen LogP contribution in [0.4, 0.5) is 8.78 Å². The molecule has 3 rings (SSSR count). The van der Waals surface area contributed by atoms with Crippen molar-refractivity contribution in [1.82, 2.24) is 10.9 Å². The maximum Gasteiger partial charge on any atom is 0.340 e. The van der Waals surface area contributed by atoms with Gasteiger partial charge in [0.25, 0.3) is 11.8 Å². The van der Waals surface area contributed by atoms with Crippen molar-refractivity contribution in [2.24, 2.45) is 0 Å². The van der Waals surface area contributed by atoms with Crippen molar-refractivity contribution in [3.63, 3.8) is 0 Å². The molecule has 9 heteroatoms. The molecule has 0 aliphatic rings. The molecule has 31 heavy (non-hydrogen) atoms. The Morgan fingerprint density at radius 3 is 2.35 bits per heavy atom. The van der Waals surface area contributed by atoms with Crippen molar-refractivity contribution in [3.05, 3.63) is 93.7 Å². The number of thiophene rings is 1. The molecule has 0 unspecified atom stereocenters. The zero-order valence-corrected chi connectivity index (χ0v) is 16.7. The predicted molar refractivity (Wildman–Crippen MR) is 112 cm³/mol. The lowest BCUT2D eigenvalue weighted by Gasteiger charge is -2.10. The van der Waals surface area contributed by atoms with Crippen LogP contribution < -0.4 is 10.9 Å².